The Kier molecular flexibility index (Phi) is 5.86. The van der Waals surface area contributed by atoms with Crippen molar-refractivity contribution in [2.45, 2.75) is 19.4 Å². The molecule has 7 heteroatoms. The van der Waals surface area contributed by atoms with Gasteiger partial charge in [-0.2, -0.15) is 0 Å². The first kappa shape index (κ1) is 19.0. The van der Waals surface area contributed by atoms with Crippen LogP contribution in [0.2, 0.25) is 5.02 Å². The van der Waals surface area contributed by atoms with Crippen LogP contribution < -0.4 is 14.8 Å². The van der Waals surface area contributed by atoms with E-state index >= 15 is 0 Å². The molecule has 0 bridgehead atoms. The number of hydrogen-bond acceptors (Lipinski definition) is 5. The highest BCUT2D eigenvalue weighted by Gasteiger charge is 2.30. The van der Waals surface area contributed by atoms with E-state index in [1.54, 1.807) is 49.6 Å². The van der Waals surface area contributed by atoms with Crippen LogP contribution in [0.25, 0.3) is 0 Å². The summed E-state index contributed by atoms with van der Waals surface area (Å²) in [4.78, 5) is 24.7. The Balaban J connectivity index is 1.56. The molecule has 1 aliphatic rings. The van der Waals surface area contributed by atoms with Crippen molar-refractivity contribution in [3.05, 3.63) is 53.1 Å². The number of hydrogen-bond donors (Lipinski definition) is 1. The van der Waals surface area contributed by atoms with Crippen LogP contribution in [0, 0.1) is 5.92 Å². The van der Waals surface area contributed by atoms with Crippen molar-refractivity contribution < 1.29 is 23.8 Å². The van der Waals surface area contributed by atoms with Crippen molar-refractivity contribution in [3.8, 4) is 11.5 Å². The first-order chi connectivity index (χ1) is 13.0. The van der Waals surface area contributed by atoms with E-state index in [1.807, 2.05) is 0 Å². The second-order valence-corrected chi connectivity index (χ2v) is 6.70. The summed E-state index contributed by atoms with van der Waals surface area (Å²) < 4.78 is 16.0. The maximum absolute atomic E-state index is 12.4. The minimum absolute atomic E-state index is 0.209. The molecule has 1 aliphatic heterocycles. The van der Waals surface area contributed by atoms with Crippen LogP contribution in [0.1, 0.15) is 12.5 Å². The number of esters is 1. The number of anilines is 1. The third-order valence-electron chi connectivity index (χ3n) is 4.28. The van der Waals surface area contributed by atoms with Gasteiger partial charge in [0.1, 0.15) is 18.1 Å². The lowest BCUT2D eigenvalue weighted by Crippen LogP contribution is -2.36. The van der Waals surface area contributed by atoms with Gasteiger partial charge in [-0.3, -0.25) is 9.59 Å². The van der Waals surface area contributed by atoms with Crippen LogP contribution in [0.4, 0.5) is 5.69 Å². The van der Waals surface area contributed by atoms with Crippen molar-refractivity contribution in [1.29, 1.82) is 0 Å². The second-order valence-electron chi connectivity index (χ2n) is 6.26. The van der Waals surface area contributed by atoms with Gasteiger partial charge < -0.3 is 19.5 Å². The molecular weight excluding hydrogens is 370 g/mol. The van der Waals surface area contributed by atoms with Crippen LogP contribution in [0.15, 0.2) is 42.5 Å². The number of carbonyl (C=O) groups is 2. The molecule has 2 aromatic carbocycles. The topological polar surface area (TPSA) is 73.9 Å². The van der Waals surface area contributed by atoms with E-state index in [9.17, 15) is 9.59 Å². The van der Waals surface area contributed by atoms with Gasteiger partial charge in [0.25, 0.3) is 5.91 Å². The summed E-state index contributed by atoms with van der Waals surface area (Å²) in [5, 5.41) is 3.29. The monoisotopic (exact) mass is 389 g/mol. The number of amides is 1. The highest BCUT2D eigenvalue weighted by Crippen LogP contribution is 2.30. The molecule has 1 amide bonds. The lowest BCUT2D eigenvalue weighted by atomic mass is 9.97. The summed E-state index contributed by atoms with van der Waals surface area (Å²) >= 11 is 5.99. The molecule has 0 spiro atoms. The smallest absolute Gasteiger partial charge is 0.313 e. The van der Waals surface area contributed by atoms with E-state index in [0.29, 0.717) is 28.6 Å². The van der Waals surface area contributed by atoms with Gasteiger partial charge >= 0.3 is 5.97 Å². The average Bonchev–Trinajstić information content (AvgIpc) is 2.67. The molecule has 6 nitrogen and oxygen atoms in total. The predicted octanol–water partition coefficient (Wildman–Crippen LogP) is 3.47. The van der Waals surface area contributed by atoms with Gasteiger partial charge in [-0.1, -0.05) is 11.6 Å². The maximum Gasteiger partial charge on any atom is 0.313 e. The Morgan fingerprint density at radius 3 is 2.67 bits per heavy atom. The van der Waals surface area contributed by atoms with E-state index in [0.717, 1.165) is 5.56 Å². The van der Waals surface area contributed by atoms with Crippen LogP contribution in [-0.2, 0) is 20.7 Å². The molecule has 0 fully saturated rings. The maximum atomic E-state index is 12.4. The summed E-state index contributed by atoms with van der Waals surface area (Å²) in [6.45, 7) is 1.74. The third kappa shape index (κ3) is 4.71. The molecule has 0 saturated carbocycles. The van der Waals surface area contributed by atoms with Gasteiger partial charge in [0.2, 0.25) is 0 Å². The molecule has 0 radical (unpaired) electrons. The molecule has 1 heterocycles. The zero-order valence-corrected chi connectivity index (χ0v) is 15.8. The van der Waals surface area contributed by atoms with E-state index in [4.69, 9.17) is 25.8 Å². The summed E-state index contributed by atoms with van der Waals surface area (Å²) in [6, 6.07) is 12.2. The second kappa shape index (κ2) is 8.31. The molecule has 1 N–H and O–H groups in total. The molecule has 0 aromatic heterocycles. The van der Waals surface area contributed by atoms with Gasteiger partial charge in [0.15, 0.2) is 6.10 Å². The summed E-state index contributed by atoms with van der Waals surface area (Å²) in [5.74, 6) is 0.0396. The van der Waals surface area contributed by atoms with Crippen molar-refractivity contribution >= 4 is 29.2 Å². The van der Waals surface area contributed by atoms with Gasteiger partial charge in [0.05, 0.1) is 13.0 Å². The number of rotatable bonds is 5. The number of nitrogens with one attached hydrogen (secondary N) is 1. The fourth-order valence-electron chi connectivity index (χ4n) is 2.76. The Bertz CT molecular complexity index is 837. The van der Waals surface area contributed by atoms with Gasteiger partial charge in [0, 0.05) is 10.7 Å². The Labute approximate surface area is 162 Å². The Morgan fingerprint density at radius 1 is 1.22 bits per heavy atom. The van der Waals surface area contributed by atoms with E-state index in [-0.39, 0.29) is 6.61 Å². The zero-order valence-electron chi connectivity index (χ0n) is 15.0. The van der Waals surface area contributed by atoms with Gasteiger partial charge in [-0.25, -0.2) is 0 Å². The number of benzene rings is 2. The summed E-state index contributed by atoms with van der Waals surface area (Å²) in [6.07, 6.45) is -0.470. The number of ether oxygens (including phenoxy) is 3. The molecule has 0 unspecified atom stereocenters. The molecular formula is C20H20ClNO5. The fraction of sp³-hybridized carbons (Fsp3) is 0.300. The minimum Gasteiger partial charge on any atom is -0.497 e. The van der Waals surface area contributed by atoms with E-state index < -0.39 is 23.9 Å². The largest absolute Gasteiger partial charge is 0.497 e. The van der Waals surface area contributed by atoms with Crippen molar-refractivity contribution in [2.75, 3.05) is 19.0 Å². The normalized spacial score (nSPS) is 16.5. The SMILES string of the molecule is COc1ccc(NC(=O)[C@@H](C)OC(=O)[C@@H]2COc3ccc(Cl)cc3C2)cc1. The number of fused-ring (bicyclic) bond motifs is 1. The zero-order chi connectivity index (χ0) is 19.4. The summed E-state index contributed by atoms with van der Waals surface area (Å²) in [7, 11) is 1.57. The molecule has 0 saturated heterocycles. The van der Waals surface area contributed by atoms with Crippen molar-refractivity contribution in [2.24, 2.45) is 5.92 Å². The molecule has 2 atom stereocenters. The predicted molar refractivity (Wildman–Crippen MR) is 101 cm³/mol. The number of halogens is 1. The third-order valence-corrected chi connectivity index (χ3v) is 4.52. The van der Waals surface area contributed by atoms with Crippen LogP contribution in [-0.4, -0.2) is 31.7 Å². The Hall–Kier alpha value is -2.73. The molecule has 2 aromatic rings. The van der Waals surface area contributed by atoms with Gasteiger partial charge in [-0.15, -0.1) is 0 Å². The molecule has 3 rings (SSSR count). The lowest BCUT2D eigenvalue weighted by Gasteiger charge is -2.25. The van der Waals surface area contributed by atoms with Gasteiger partial charge in [-0.05, 0) is 61.4 Å². The highest BCUT2D eigenvalue weighted by molar-refractivity contribution is 6.30. The minimum atomic E-state index is -0.930. The van der Waals surface area contributed by atoms with Crippen LogP contribution in [0.5, 0.6) is 11.5 Å². The van der Waals surface area contributed by atoms with Crippen LogP contribution in [0.3, 0.4) is 0 Å². The number of methoxy groups -OCH3 is 1. The summed E-state index contributed by atoms with van der Waals surface area (Å²) in [5.41, 5.74) is 1.44. The average molecular weight is 390 g/mol. The first-order valence-corrected chi connectivity index (χ1v) is 8.90. The highest BCUT2D eigenvalue weighted by atomic mass is 35.5. The molecule has 142 valence electrons. The van der Waals surface area contributed by atoms with Crippen molar-refractivity contribution in [3.63, 3.8) is 0 Å². The van der Waals surface area contributed by atoms with E-state index in [2.05, 4.69) is 5.32 Å². The number of carbonyl (C=O) groups excluding carboxylic acids is 2. The molecule has 0 aliphatic carbocycles. The lowest BCUT2D eigenvalue weighted by molar-refractivity contribution is -0.158. The van der Waals surface area contributed by atoms with E-state index in [1.165, 1.54) is 6.92 Å². The first-order valence-electron chi connectivity index (χ1n) is 8.53. The van der Waals surface area contributed by atoms with Crippen molar-refractivity contribution in [1.82, 2.24) is 0 Å². The van der Waals surface area contributed by atoms with Crippen LogP contribution >= 0.6 is 11.6 Å². The fourth-order valence-corrected chi connectivity index (χ4v) is 2.95. The Morgan fingerprint density at radius 2 is 1.96 bits per heavy atom. The molecule has 27 heavy (non-hydrogen) atoms. The quantitative estimate of drug-likeness (QED) is 0.792. The standard InChI is InChI=1S/C20H20ClNO5/c1-12(19(23)22-16-4-6-17(25-2)7-5-16)27-20(24)14-9-13-10-15(21)3-8-18(13)26-11-14/h3-8,10,12,14H,9,11H2,1-2H3,(H,22,23)/t12-,14+/m1/s1.